The maximum absolute atomic E-state index is 8.94. The molecule has 3 heteroatoms. The average Bonchev–Trinajstić information content (AvgIpc) is 2.67. The Labute approximate surface area is 85.4 Å². The summed E-state index contributed by atoms with van der Waals surface area (Å²) in [6, 6.07) is 3.31. The summed E-state index contributed by atoms with van der Waals surface area (Å²) in [5.74, 6) is 0.233. The molecule has 1 aliphatic carbocycles. The fourth-order valence-electron chi connectivity index (χ4n) is 2.49. The second-order valence-corrected chi connectivity index (χ2v) is 4.35. The number of nitrogens with one attached hydrogen (secondary N) is 1. The highest BCUT2D eigenvalue weighted by Gasteiger charge is 2.29. The molecule has 1 saturated carbocycles. The Bertz CT molecular complexity index is 218. The lowest BCUT2D eigenvalue weighted by molar-refractivity contribution is 0.0654. The lowest BCUT2D eigenvalue weighted by Gasteiger charge is -2.27. The van der Waals surface area contributed by atoms with Gasteiger partial charge in [0.2, 0.25) is 0 Å². The van der Waals surface area contributed by atoms with Gasteiger partial charge in [-0.3, -0.25) is 0 Å². The molecule has 0 amide bonds. The van der Waals surface area contributed by atoms with E-state index >= 15 is 0 Å². The van der Waals surface area contributed by atoms with Crippen LogP contribution in [0.5, 0.6) is 0 Å². The third kappa shape index (κ3) is 2.26. The van der Waals surface area contributed by atoms with Crippen LogP contribution in [0.2, 0.25) is 0 Å². The second kappa shape index (κ2) is 4.77. The van der Waals surface area contributed by atoms with E-state index in [0.717, 1.165) is 32.5 Å². The van der Waals surface area contributed by atoms with E-state index in [4.69, 9.17) is 10.00 Å². The summed E-state index contributed by atoms with van der Waals surface area (Å²) >= 11 is 0. The Balaban J connectivity index is 1.81. The van der Waals surface area contributed by atoms with Gasteiger partial charge in [0.25, 0.3) is 0 Å². The largest absolute Gasteiger partial charge is 0.380 e. The van der Waals surface area contributed by atoms with Gasteiger partial charge < -0.3 is 10.1 Å². The molecule has 1 heterocycles. The van der Waals surface area contributed by atoms with E-state index in [2.05, 4.69) is 11.4 Å². The summed E-state index contributed by atoms with van der Waals surface area (Å²) in [7, 11) is 0. The van der Waals surface area contributed by atoms with Crippen LogP contribution < -0.4 is 5.32 Å². The van der Waals surface area contributed by atoms with Crippen LogP contribution in [-0.2, 0) is 4.74 Å². The predicted molar refractivity (Wildman–Crippen MR) is 53.7 cm³/mol. The Morgan fingerprint density at radius 1 is 1.21 bits per heavy atom. The van der Waals surface area contributed by atoms with Crippen LogP contribution in [0.25, 0.3) is 0 Å². The molecule has 3 atom stereocenters. The Kier molecular flexibility index (Phi) is 3.39. The highest BCUT2D eigenvalue weighted by atomic mass is 16.5. The molecule has 0 aromatic rings. The van der Waals surface area contributed by atoms with Crippen molar-refractivity contribution in [2.24, 2.45) is 5.92 Å². The lowest BCUT2D eigenvalue weighted by Crippen LogP contribution is -2.44. The van der Waals surface area contributed by atoms with Crippen molar-refractivity contribution >= 4 is 0 Å². The first kappa shape index (κ1) is 9.95. The van der Waals surface area contributed by atoms with E-state index in [1.807, 2.05) is 0 Å². The second-order valence-electron chi connectivity index (χ2n) is 4.35. The van der Waals surface area contributed by atoms with Gasteiger partial charge in [-0.1, -0.05) is 6.42 Å². The summed E-state index contributed by atoms with van der Waals surface area (Å²) < 4.78 is 5.42. The topological polar surface area (TPSA) is 45.0 Å². The summed E-state index contributed by atoms with van der Waals surface area (Å²) in [6.45, 7) is 1.74. The van der Waals surface area contributed by atoms with E-state index < -0.39 is 0 Å². The van der Waals surface area contributed by atoms with Gasteiger partial charge in [0.15, 0.2) is 0 Å². The van der Waals surface area contributed by atoms with Gasteiger partial charge in [-0.25, -0.2) is 0 Å². The smallest absolute Gasteiger partial charge is 0.0672 e. The predicted octanol–water partition coefficient (Wildman–Crippen LogP) is 1.45. The van der Waals surface area contributed by atoms with Gasteiger partial charge >= 0.3 is 0 Å². The fraction of sp³-hybridized carbons (Fsp3) is 0.909. The zero-order valence-electron chi connectivity index (χ0n) is 8.54. The van der Waals surface area contributed by atoms with Crippen molar-refractivity contribution in [3.05, 3.63) is 0 Å². The fourth-order valence-corrected chi connectivity index (χ4v) is 2.49. The number of rotatable bonds is 2. The van der Waals surface area contributed by atoms with Crippen molar-refractivity contribution in [2.45, 2.75) is 44.2 Å². The zero-order valence-corrected chi connectivity index (χ0v) is 8.54. The minimum Gasteiger partial charge on any atom is -0.380 e. The number of hydrogen-bond donors (Lipinski definition) is 1. The van der Waals surface area contributed by atoms with Crippen LogP contribution >= 0.6 is 0 Å². The molecule has 3 unspecified atom stereocenters. The zero-order chi connectivity index (χ0) is 9.80. The van der Waals surface area contributed by atoms with Crippen molar-refractivity contribution in [1.29, 1.82) is 5.26 Å². The minimum atomic E-state index is 0.233. The van der Waals surface area contributed by atoms with E-state index in [0.29, 0.717) is 12.1 Å². The van der Waals surface area contributed by atoms with Gasteiger partial charge in [0.1, 0.15) is 0 Å². The Hall–Kier alpha value is -0.590. The maximum atomic E-state index is 8.94. The van der Waals surface area contributed by atoms with E-state index in [-0.39, 0.29) is 5.92 Å². The molecule has 2 fully saturated rings. The van der Waals surface area contributed by atoms with Gasteiger partial charge in [-0.15, -0.1) is 0 Å². The quantitative estimate of drug-likeness (QED) is 0.723. The summed E-state index contributed by atoms with van der Waals surface area (Å²) in [6.07, 6.45) is 5.79. The molecule has 1 aliphatic heterocycles. The van der Waals surface area contributed by atoms with E-state index in [1.54, 1.807) is 0 Å². The first-order valence-electron chi connectivity index (χ1n) is 5.63. The number of hydrogen-bond acceptors (Lipinski definition) is 3. The van der Waals surface area contributed by atoms with Crippen LogP contribution in [0.3, 0.4) is 0 Å². The van der Waals surface area contributed by atoms with E-state index in [1.165, 1.54) is 12.8 Å². The van der Waals surface area contributed by atoms with E-state index in [9.17, 15) is 0 Å². The van der Waals surface area contributed by atoms with Crippen molar-refractivity contribution in [3.8, 4) is 6.07 Å². The van der Waals surface area contributed by atoms with Crippen LogP contribution in [-0.4, -0.2) is 25.3 Å². The molecule has 0 aromatic carbocycles. The first-order valence-corrected chi connectivity index (χ1v) is 5.63. The molecule has 0 spiro atoms. The highest BCUT2D eigenvalue weighted by Crippen LogP contribution is 2.25. The molecule has 2 rings (SSSR count). The van der Waals surface area contributed by atoms with Crippen LogP contribution in [0.1, 0.15) is 32.1 Å². The Morgan fingerprint density at radius 2 is 2.14 bits per heavy atom. The summed E-state index contributed by atoms with van der Waals surface area (Å²) in [5.41, 5.74) is 0. The number of nitriles is 1. The molecule has 0 aromatic heterocycles. The first-order chi connectivity index (χ1) is 6.90. The SMILES string of the molecule is N#CC1CCCC1NC1CCCOC1. The van der Waals surface area contributed by atoms with Crippen molar-refractivity contribution in [2.75, 3.05) is 13.2 Å². The lowest BCUT2D eigenvalue weighted by atomic mass is 10.0. The van der Waals surface area contributed by atoms with Gasteiger partial charge in [-0.2, -0.15) is 5.26 Å². The molecule has 78 valence electrons. The van der Waals surface area contributed by atoms with Gasteiger partial charge in [0, 0.05) is 18.7 Å². The third-order valence-electron chi connectivity index (χ3n) is 3.29. The average molecular weight is 194 g/mol. The maximum Gasteiger partial charge on any atom is 0.0672 e. The third-order valence-corrected chi connectivity index (χ3v) is 3.29. The van der Waals surface area contributed by atoms with Crippen molar-refractivity contribution < 1.29 is 4.74 Å². The molecular weight excluding hydrogens is 176 g/mol. The molecule has 14 heavy (non-hydrogen) atoms. The van der Waals surface area contributed by atoms with Gasteiger partial charge in [-0.05, 0) is 25.7 Å². The van der Waals surface area contributed by atoms with Crippen LogP contribution in [0, 0.1) is 17.2 Å². The molecule has 3 nitrogen and oxygen atoms in total. The standard InChI is InChI=1S/C11H18N2O/c12-7-9-3-1-5-11(9)13-10-4-2-6-14-8-10/h9-11,13H,1-6,8H2. The molecule has 1 saturated heterocycles. The number of ether oxygens (including phenoxy) is 1. The van der Waals surface area contributed by atoms with Gasteiger partial charge in [0.05, 0.1) is 18.6 Å². The summed E-state index contributed by atoms with van der Waals surface area (Å²) in [4.78, 5) is 0. The molecule has 0 radical (unpaired) electrons. The summed E-state index contributed by atoms with van der Waals surface area (Å²) in [5, 5.41) is 12.5. The monoisotopic (exact) mass is 194 g/mol. The van der Waals surface area contributed by atoms with Crippen molar-refractivity contribution in [1.82, 2.24) is 5.32 Å². The highest BCUT2D eigenvalue weighted by molar-refractivity contribution is 4.97. The van der Waals surface area contributed by atoms with Crippen LogP contribution in [0.15, 0.2) is 0 Å². The van der Waals surface area contributed by atoms with Crippen LogP contribution in [0.4, 0.5) is 0 Å². The molecular formula is C11H18N2O. The minimum absolute atomic E-state index is 0.233. The Morgan fingerprint density at radius 3 is 2.86 bits per heavy atom. The van der Waals surface area contributed by atoms with Crippen molar-refractivity contribution in [3.63, 3.8) is 0 Å². The normalized spacial score (nSPS) is 38.1. The number of nitrogens with zero attached hydrogens (tertiary/aromatic N) is 1. The molecule has 2 aliphatic rings. The molecule has 0 bridgehead atoms. The molecule has 1 N–H and O–H groups in total.